The number of rotatable bonds is 8. The van der Waals surface area contributed by atoms with Gasteiger partial charge < -0.3 is 15.4 Å². The molecule has 1 aromatic heterocycles. The van der Waals surface area contributed by atoms with Gasteiger partial charge in [0.2, 0.25) is 11.8 Å². The highest BCUT2D eigenvalue weighted by Gasteiger charge is 2.23. The Bertz CT molecular complexity index is 788. The molecule has 2 N–H and O–H groups in total. The lowest BCUT2D eigenvalue weighted by Gasteiger charge is -2.19. The van der Waals surface area contributed by atoms with Crippen molar-refractivity contribution in [3.05, 3.63) is 64.4 Å². The maximum absolute atomic E-state index is 12.4. The molecule has 0 radical (unpaired) electrons. The van der Waals surface area contributed by atoms with Crippen LogP contribution in [0.1, 0.15) is 29.8 Å². The molecule has 1 aromatic carbocycles. The van der Waals surface area contributed by atoms with Crippen molar-refractivity contribution < 1.29 is 19.1 Å². The molecular formula is C20H22N2O4S. The molecule has 2 amide bonds. The molecule has 0 saturated heterocycles. The summed E-state index contributed by atoms with van der Waals surface area (Å²) in [7, 11) is 1.30. The number of carbonyl (C=O) groups is 3. The molecule has 6 nitrogen and oxygen atoms in total. The Kier molecular flexibility index (Phi) is 7.76. The van der Waals surface area contributed by atoms with Crippen LogP contribution in [0.25, 0.3) is 6.08 Å². The highest BCUT2D eigenvalue weighted by Crippen LogP contribution is 2.22. The van der Waals surface area contributed by atoms with Gasteiger partial charge in [-0.15, -0.1) is 11.3 Å². The number of benzene rings is 1. The van der Waals surface area contributed by atoms with Crippen LogP contribution in [0.4, 0.5) is 0 Å². The van der Waals surface area contributed by atoms with E-state index in [4.69, 9.17) is 4.74 Å². The van der Waals surface area contributed by atoms with Gasteiger partial charge in [0.15, 0.2) is 0 Å². The Morgan fingerprint density at radius 1 is 1.11 bits per heavy atom. The fourth-order valence-corrected chi connectivity index (χ4v) is 3.10. The average Bonchev–Trinajstić information content (AvgIpc) is 3.21. The molecule has 2 unspecified atom stereocenters. The fraction of sp³-hybridized carbons (Fsp3) is 0.250. The van der Waals surface area contributed by atoms with Crippen LogP contribution in [0.3, 0.4) is 0 Å². The number of amides is 2. The molecule has 27 heavy (non-hydrogen) atoms. The minimum Gasteiger partial charge on any atom is -0.469 e. The number of hydrogen-bond acceptors (Lipinski definition) is 5. The van der Waals surface area contributed by atoms with Gasteiger partial charge >= 0.3 is 5.97 Å². The number of carbonyl (C=O) groups excluding carboxylic acids is 3. The van der Waals surface area contributed by atoms with Crippen LogP contribution in [-0.4, -0.2) is 30.9 Å². The lowest BCUT2D eigenvalue weighted by Crippen LogP contribution is -2.45. The van der Waals surface area contributed by atoms with E-state index in [-0.39, 0.29) is 18.2 Å². The number of nitrogens with one attached hydrogen (secondary N) is 2. The van der Waals surface area contributed by atoms with Crippen molar-refractivity contribution in [2.75, 3.05) is 7.11 Å². The topological polar surface area (TPSA) is 84.5 Å². The third kappa shape index (κ3) is 6.71. The van der Waals surface area contributed by atoms with E-state index in [0.717, 1.165) is 10.4 Å². The average molecular weight is 386 g/mol. The predicted octanol–water partition coefficient (Wildman–Crippen LogP) is 2.69. The van der Waals surface area contributed by atoms with Gasteiger partial charge in [0.05, 0.1) is 19.6 Å². The summed E-state index contributed by atoms with van der Waals surface area (Å²) >= 11 is 1.44. The SMILES string of the molecule is COC(=O)CC(NC(=O)C(C)NC(=O)/C=C/c1ccccc1)c1cccs1. The zero-order valence-corrected chi connectivity index (χ0v) is 16.0. The van der Waals surface area contributed by atoms with E-state index in [9.17, 15) is 14.4 Å². The Morgan fingerprint density at radius 2 is 1.85 bits per heavy atom. The largest absolute Gasteiger partial charge is 0.469 e. The van der Waals surface area contributed by atoms with Crippen molar-refractivity contribution in [2.24, 2.45) is 0 Å². The van der Waals surface area contributed by atoms with Crippen molar-refractivity contribution in [1.82, 2.24) is 10.6 Å². The van der Waals surface area contributed by atoms with Crippen molar-refractivity contribution >= 4 is 35.2 Å². The lowest BCUT2D eigenvalue weighted by atomic mass is 10.1. The molecule has 1 heterocycles. The third-order valence-electron chi connectivity index (χ3n) is 3.78. The first-order valence-electron chi connectivity index (χ1n) is 8.44. The summed E-state index contributed by atoms with van der Waals surface area (Å²) in [6.07, 6.45) is 3.08. The normalized spacial score (nSPS) is 13.0. The summed E-state index contributed by atoms with van der Waals surface area (Å²) in [6.45, 7) is 1.59. The van der Waals surface area contributed by atoms with Crippen molar-refractivity contribution in [3.63, 3.8) is 0 Å². The molecule has 2 atom stereocenters. The van der Waals surface area contributed by atoms with Crippen LogP contribution in [-0.2, 0) is 19.1 Å². The highest BCUT2D eigenvalue weighted by molar-refractivity contribution is 7.10. The van der Waals surface area contributed by atoms with Crippen LogP contribution in [0, 0.1) is 0 Å². The zero-order valence-electron chi connectivity index (χ0n) is 15.2. The first kappa shape index (κ1) is 20.4. The van der Waals surface area contributed by atoms with Crippen LogP contribution in [0.15, 0.2) is 53.9 Å². The second kappa shape index (κ2) is 10.3. The number of thiophene rings is 1. The number of esters is 1. The van der Waals surface area contributed by atoms with E-state index < -0.39 is 18.1 Å². The quantitative estimate of drug-likeness (QED) is 0.540. The van der Waals surface area contributed by atoms with Crippen LogP contribution in [0.2, 0.25) is 0 Å². The molecule has 0 aliphatic rings. The second-order valence-electron chi connectivity index (χ2n) is 5.83. The number of methoxy groups -OCH3 is 1. The maximum atomic E-state index is 12.4. The van der Waals surface area contributed by atoms with E-state index in [0.29, 0.717) is 0 Å². The molecule has 0 fully saturated rings. The zero-order chi connectivity index (χ0) is 19.6. The molecule has 142 valence electrons. The Hall–Kier alpha value is -2.93. The smallest absolute Gasteiger partial charge is 0.307 e. The molecule has 0 aliphatic carbocycles. The summed E-state index contributed by atoms with van der Waals surface area (Å²) in [5, 5.41) is 7.28. The summed E-state index contributed by atoms with van der Waals surface area (Å²) in [5.74, 6) is -1.17. The van der Waals surface area contributed by atoms with E-state index in [1.165, 1.54) is 24.5 Å². The summed E-state index contributed by atoms with van der Waals surface area (Å²) < 4.78 is 4.69. The minimum atomic E-state index is -0.752. The van der Waals surface area contributed by atoms with Gasteiger partial charge in [-0.3, -0.25) is 14.4 Å². The van der Waals surface area contributed by atoms with E-state index >= 15 is 0 Å². The van der Waals surface area contributed by atoms with Crippen LogP contribution < -0.4 is 10.6 Å². The Balaban J connectivity index is 1.93. The van der Waals surface area contributed by atoms with Gasteiger partial charge in [-0.1, -0.05) is 36.4 Å². The third-order valence-corrected chi connectivity index (χ3v) is 4.77. The number of ether oxygens (including phenoxy) is 1. The highest BCUT2D eigenvalue weighted by atomic mass is 32.1. The molecule has 2 aromatic rings. The summed E-state index contributed by atoms with van der Waals surface area (Å²) in [5.41, 5.74) is 0.889. The molecular weight excluding hydrogens is 364 g/mol. The lowest BCUT2D eigenvalue weighted by molar-refractivity contribution is -0.141. The van der Waals surface area contributed by atoms with Gasteiger partial charge in [-0.05, 0) is 30.0 Å². The minimum absolute atomic E-state index is 0.0251. The standard InChI is InChI=1S/C20H22N2O4S/c1-14(21-18(23)11-10-15-7-4-3-5-8-15)20(25)22-16(13-19(24)26-2)17-9-6-12-27-17/h3-12,14,16H,13H2,1-2H3,(H,21,23)(H,22,25)/b11-10+. The van der Waals surface area contributed by atoms with E-state index in [1.54, 1.807) is 13.0 Å². The van der Waals surface area contributed by atoms with Crippen LogP contribution >= 0.6 is 11.3 Å². The van der Waals surface area contributed by atoms with Gasteiger partial charge in [0.25, 0.3) is 0 Å². The molecule has 2 rings (SSSR count). The predicted molar refractivity (Wildman–Crippen MR) is 105 cm³/mol. The van der Waals surface area contributed by atoms with Gasteiger partial charge in [0.1, 0.15) is 6.04 Å². The first-order valence-corrected chi connectivity index (χ1v) is 9.31. The fourth-order valence-electron chi connectivity index (χ4n) is 2.32. The van der Waals surface area contributed by atoms with Crippen LogP contribution in [0.5, 0.6) is 0 Å². The summed E-state index contributed by atoms with van der Waals surface area (Å²) in [4.78, 5) is 36.9. The second-order valence-corrected chi connectivity index (χ2v) is 6.81. The molecule has 0 spiro atoms. The van der Waals surface area contributed by atoms with E-state index in [1.807, 2.05) is 47.8 Å². The first-order chi connectivity index (χ1) is 13.0. The van der Waals surface area contributed by atoms with Gasteiger partial charge in [-0.2, -0.15) is 0 Å². The Morgan fingerprint density at radius 3 is 2.48 bits per heavy atom. The van der Waals surface area contributed by atoms with E-state index in [2.05, 4.69) is 10.6 Å². The molecule has 0 saturated carbocycles. The Labute approximate surface area is 162 Å². The molecule has 0 bridgehead atoms. The molecule has 0 aliphatic heterocycles. The summed E-state index contributed by atoms with van der Waals surface area (Å²) in [6, 6.07) is 11.8. The number of hydrogen-bond donors (Lipinski definition) is 2. The van der Waals surface area contributed by atoms with Crippen molar-refractivity contribution in [2.45, 2.75) is 25.4 Å². The maximum Gasteiger partial charge on any atom is 0.307 e. The molecule has 7 heteroatoms. The van der Waals surface area contributed by atoms with Gasteiger partial charge in [-0.25, -0.2) is 0 Å². The van der Waals surface area contributed by atoms with Crippen molar-refractivity contribution in [1.29, 1.82) is 0 Å². The van der Waals surface area contributed by atoms with Crippen molar-refractivity contribution in [3.8, 4) is 0 Å². The van der Waals surface area contributed by atoms with Gasteiger partial charge in [0, 0.05) is 11.0 Å². The monoisotopic (exact) mass is 386 g/mol.